The molecule has 0 fully saturated rings. The molecule has 0 spiro atoms. The van der Waals surface area contributed by atoms with Gasteiger partial charge in [0.25, 0.3) is 0 Å². The van der Waals surface area contributed by atoms with Gasteiger partial charge in [0, 0.05) is 18.8 Å². The molecule has 0 saturated carbocycles. The summed E-state index contributed by atoms with van der Waals surface area (Å²) in [5.74, 6) is 0.482. The summed E-state index contributed by atoms with van der Waals surface area (Å²) in [7, 11) is 1.56. The molecule has 5 nitrogen and oxygen atoms in total. The first-order valence-corrected chi connectivity index (χ1v) is 4.98. The maximum atomic E-state index is 12.6. The van der Waals surface area contributed by atoms with Crippen molar-refractivity contribution in [3.63, 3.8) is 0 Å². The van der Waals surface area contributed by atoms with Crippen LogP contribution in [-0.4, -0.2) is 22.1 Å². The molecule has 0 amide bonds. The predicted molar refractivity (Wildman–Crippen MR) is 60.1 cm³/mol. The van der Waals surface area contributed by atoms with Gasteiger partial charge in [-0.15, -0.1) is 0 Å². The van der Waals surface area contributed by atoms with Crippen LogP contribution in [0.15, 0.2) is 30.7 Å². The highest BCUT2D eigenvalue weighted by atomic mass is 19.1. The molecule has 6 heteroatoms. The van der Waals surface area contributed by atoms with Gasteiger partial charge < -0.3 is 10.1 Å². The molecule has 0 saturated heterocycles. The van der Waals surface area contributed by atoms with Crippen LogP contribution in [0.2, 0.25) is 0 Å². The molecule has 2 heterocycles. The summed E-state index contributed by atoms with van der Waals surface area (Å²) >= 11 is 0. The average Bonchev–Trinajstić information content (AvgIpc) is 2.39. The maximum Gasteiger partial charge on any atom is 0.223 e. The Morgan fingerprint density at radius 3 is 2.53 bits per heavy atom. The molecule has 0 radical (unpaired) electrons. The average molecular weight is 234 g/mol. The van der Waals surface area contributed by atoms with Crippen LogP contribution in [0.5, 0.6) is 5.88 Å². The second-order valence-electron chi connectivity index (χ2n) is 3.29. The summed E-state index contributed by atoms with van der Waals surface area (Å²) in [6.45, 7) is 0.516. The van der Waals surface area contributed by atoms with E-state index in [2.05, 4.69) is 20.3 Å². The minimum atomic E-state index is -0.457. The Hall–Kier alpha value is -2.24. The molecule has 2 aromatic heterocycles. The second kappa shape index (κ2) is 5.20. The second-order valence-corrected chi connectivity index (χ2v) is 3.29. The Morgan fingerprint density at radius 2 is 1.94 bits per heavy atom. The monoisotopic (exact) mass is 234 g/mol. The lowest BCUT2D eigenvalue weighted by molar-refractivity contribution is 0.397. The quantitative estimate of drug-likeness (QED) is 0.871. The Bertz CT molecular complexity index is 472. The fourth-order valence-electron chi connectivity index (χ4n) is 1.22. The minimum Gasteiger partial charge on any atom is -0.481 e. The number of nitrogens with zero attached hydrogens (tertiary/aromatic N) is 3. The Kier molecular flexibility index (Phi) is 3.44. The lowest BCUT2D eigenvalue weighted by atomic mass is 10.3. The first kappa shape index (κ1) is 11.3. The van der Waals surface area contributed by atoms with E-state index in [1.54, 1.807) is 19.4 Å². The number of pyridine rings is 1. The van der Waals surface area contributed by atoms with Gasteiger partial charge in [-0.2, -0.15) is 0 Å². The Balaban J connectivity index is 1.95. The predicted octanol–water partition coefficient (Wildman–Crippen LogP) is 1.63. The molecule has 2 aromatic rings. The van der Waals surface area contributed by atoms with Crippen molar-refractivity contribution >= 4 is 5.95 Å². The number of aromatic nitrogens is 3. The third-order valence-corrected chi connectivity index (χ3v) is 2.08. The van der Waals surface area contributed by atoms with Crippen LogP contribution >= 0.6 is 0 Å². The van der Waals surface area contributed by atoms with Crippen LogP contribution in [0.4, 0.5) is 10.3 Å². The van der Waals surface area contributed by atoms with Crippen molar-refractivity contribution in [2.24, 2.45) is 0 Å². The normalized spacial score (nSPS) is 10.0. The van der Waals surface area contributed by atoms with Crippen molar-refractivity contribution in [3.8, 4) is 5.88 Å². The number of methoxy groups -OCH3 is 1. The SMILES string of the molecule is COc1ccc(CNc2ncc(F)cn2)cn1. The highest BCUT2D eigenvalue weighted by molar-refractivity contribution is 5.26. The van der Waals surface area contributed by atoms with E-state index in [1.807, 2.05) is 6.07 Å². The van der Waals surface area contributed by atoms with E-state index in [1.165, 1.54) is 0 Å². The molecule has 0 bridgehead atoms. The van der Waals surface area contributed by atoms with Gasteiger partial charge in [-0.3, -0.25) is 0 Å². The van der Waals surface area contributed by atoms with Gasteiger partial charge in [0.15, 0.2) is 5.82 Å². The van der Waals surface area contributed by atoms with E-state index in [-0.39, 0.29) is 0 Å². The fraction of sp³-hybridized carbons (Fsp3) is 0.182. The largest absolute Gasteiger partial charge is 0.481 e. The van der Waals surface area contributed by atoms with Crippen LogP contribution in [0, 0.1) is 5.82 Å². The van der Waals surface area contributed by atoms with Crippen molar-refractivity contribution in [1.29, 1.82) is 0 Å². The summed E-state index contributed by atoms with van der Waals surface area (Å²) < 4.78 is 17.5. The molecule has 0 atom stereocenters. The number of hydrogen-bond acceptors (Lipinski definition) is 5. The molecular formula is C11H11FN4O. The zero-order chi connectivity index (χ0) is 12.1. The van der Waals surface area contributed by atoms with Gasteiger partial charge in [-0.1, -0.05) is 6.07 Å². The topological polar surface area (TPSA) is 59.9 Å². The smallest absolute Gasteiger partial charge is 0.223 e. The third kappa shape index (κ3) is 3.10. The number of rotatable bonds is 4. The number of anilines is 1. The minimum absolute atomic E-state index is 0.377. The van der Waals surface area contributed by atoms with Crippen molar-refractivity contribution in [2.75, 3.05) is 12.4 Å². The van der Waals surface area contributed by atoms with Gasteiger partial charge in [0.05, 0.1) is 19.5 Å². The zero-order valence-electron chi connectivity index (χ0n) is 9.22. The van der Waals surface area contributed by atoms with E-state index in [0.717, 1.165) is 18.0 Å². The van der Waals surface area contributed by atoms with Crippen molar-refractivity contribution < 1.29 is 9.13 Å². The third-order valence-electron chi connectivity index (χ3n) is 2.08. The van der Waals surface area contributed by atoms with E-state index >= 15 is 0 Å². The Labute approximate surface area is 97.7 Å². The van der Waals surface area contributed by atoms with Crippen LogP contribution in [0.25, 0.3) is 0 Å². The van der Waals surface area contributed by atoms with E-state index in [4.69, 9.17) is 4.74 Å². The van der Waals surface area contributed by atoms with Gasteiger partial charge in [-0.25, -0.2) is 19.3 Å². The lowest BCUT2D eigenvalue weighted by Gasteiger charge is -2.04. The van der Waals surface area contributed by atoms with E-state index in [0.29, 0.717) is 18.4 Å². The zero-order valence-corrected chi connectivity index (χ0v) is 9.22. The van der Waals surface area contributed by atoms with Gasteiger partial charge in [-0.05, 0) is 5.56 Å². The highest BCUT2D eigenvalue weighted by Gasteiger charge is 1.98. The van der Waals surface area contributed by atoms with Crippen molar-refractivity contribution in [1.82, 2.24) is 15.0 Å². The van der Waals surface area contributed by atoms with Crippen molar-refractivity contribution in [3.05, 3.63) is 42.1 Å². The summed E-state index contributed by atoms with van der Waals surface area (Å²) in [6, 6.07) is 3.64. The van der Waals surface area contributed by atoms with Crippen LogP contribution in [0.1, 0.15) is 5.56 Å². The molecule has 2 rings (SSSR count). The number of hydrogen-bond donors (Lipinski definition) is 1. The molecule has 0 aliphatic rings. The van der Waals surface area contributed by atoms with Crippen molar-refractivity contribution in [2.45, 2.75) is 6.54 Å². The summed E-state index contributed by atoms with van der Waals surface area (Å²) in [5, 5.41) is 2.96. The fourth-order valence-corrected chi connectivity index (χ4v) is 1.22. The molecular weight excluding hydrogens is 223 g/mol. The Morgan fingerprint density at radius 1 is 1.18 bits per heavy atom. The number of ether oxygens (including phenoxy) is 1. The van der Waals surface area contributed by atoms with Crippen LogP contribution in [-0.2, 0) is 6.54 Å². The summed E-state index contributed by atoms with van der Waals surface area (Å²) in [6.07, 6.45) is 3.92. The molecule has 17 heavy (non-hydrogen) atoms. The summed E-state index contributed by atoms with van der Waals surface area (Å²) in [5.41, 5.74) is 0.957. The van der Waals surface area contributed by atoms with Crippen LogP contribution < -0.4 is 10.1 Å². The van der Waals surface area contributed by atoms with Gasteiger partial charge >= 0.3 is 0 Å². The van der Waals surface area contributed by atoms with E-state index in [9.17, 15) is 4.39 Å². The van der Waals surface area contributed by atoms with E-state index < -0.39 is 5.82 Å². The number of nitrogens with one attached hydrogen (secondary N) is 1. The standard InChI is InChI=1S/C11H11FN4O/c1-17-10-3-2-8(4-13-10)5-14-11-15-6-9(12)7-16-11/h2-4,6-7H,5H2,1H3,(H,14,15,16). The summed E-state index contributed by atoms with van der Waals surface area (Å²) in [4.78, 5) is 11.6. The highest BCUT2D eigenvalue weighted by Crippen LogP contribution is 2.08. The van der Waals surface area contributed by atoms with Gasteiger partial charge in [0.2, 0.25) is 11.8 Å². The molecule has 88 valence electrons. The number of halogens is 1. The molecule has 1 N–H and O–H groups in total. The maximum absolute atomic E-state index is 12.6. The molecule has 0 aliphatic carbocycles. The first-order chi connectivity index (χ1) is 8.28. The lowest BCUT2D eigenvalue weighted by Crippen LogP contribution is -2.04. The molecule has 0 unspecified atom stereocenters. The molecule has 0 aliphatic heterocycles. The van der Waals surface area contributed by atoms with Gasteiger partial charge in [0.1, 0.15) is 0 Å². The molecule has 0 aromatic carbocycles. The first-order valence-electron chi connectivity index (χ1n) is 4.98. The van der Waals surface area contributed by atoms with Crippen LogP contribution in [0.3, 0.4) is 0 Å².